The van der Waals surface area contributed by atoms with Crippen LogP contribution in [0.4, 0.5) is 4.39 Å². The second-order valence-corrected chi connectivity index (χ2v) is 9.75. The number of benzene rings is 1. The lowest BCUT2D eigenvalue weighted by molar-refractivity contribution is 0.0576. The molecule has 1 atom stereocenters. The van der Waals surface area contributed by atoms with E-state index in [1.54, 1.807) is 6.07 Å². The molecular weight excluding hydrogens is 429 g/mol. The lowest BCUT2D eigenvalue weighted by Crippen LogP contribution is -2.41. The van der Waals surface area contributed by atoms with Gasteiger partial charge in [0.25, 0.3) is 0 Å². The van der Waals surface area contributed by atoms with Gasteiger partial charge in [-0.3, -0.25) is 4.79 Å². The molecule has 1 aromatic rings. The van der Waals surface area contributed by atoms with E-state index in [9.17, 15) is 4.79 Å². The molecule has 0 amide bonds. The molecule has 3 aliphatic rings. The van der Waals surface area contributed by atoms with Crippen molar-refractivity contribution in [3.63, 3.8) is 0 Å². The molecule has 0 aromatic heterocycles. The van der Waals surface area contributed by atoms with E-state index in [4.69, 9.17) is 9.47 Å². The number of Topliss-reactive ketones (excluding diaryl/α,β-unsaturated/α-hetero) is 1. The fraction of sp³-hybridized carbons (Fsp3) is 0.731. The Morgan fingerprint density at radius 3 is 2.22 bits per heavy atom. The van der Waals surface area contributed by atoms with E-state index < -0.39 is 5.67 Å². The minimum Gasteiger partial charge on any atom is -0.490 e. The summed E-state index contributed by atoms with van der Waals surface area (Å²) in [6.45, 7) is 8.08. The van der Waals surface area contributed by atoms with Crippen molar-refractivity contribution in [2.24, 2.45) is 11.8 Å². The first-order valence-corrected chi connectivity index (χ1v) is 12.4. The summed E-state index contributed by atoms with van der Waals surface area (Å²) in [4.78, 5) is 15.6. The minimum absolute atomic E-state index is 0. The van der Waals surface area contributed by atoms with Gasteiger partial charge in [0, 0.05) is 18.5 Å². The number of carbonyl (C=O) groups excluding carboxylic acids is 1. The number of rotatable bonds is 8. The Morgan fingerprint density at radius 2 is 1.59 bits per heavy atom. The van der Waals surface area contributed by atoms with Crippen molar-refractivity contribution in [2.75, 3.05) is 32.8 Å². The third-order valence-corrected chi connectivity index (χ3v) is 7.45. The molecule has 4 nitrogen and oxygen atoms in total. The van der Waals surface area contributed by atoms with Crippen molar-refractivity contribution in [2.45, 2.75) is 77.3 Å². The highest BCUT2D eigenvalue weighted by Gasteiger charge is 2.48. The van der Waals surface area contributed by atoms with Crippen LogP contribution in [0.3, 0.4) is 0 Å². The summed E-state index contributed by atoms with van der Waals surface area (Å²) in [7, 11) is 0. The van der Waals surface area contributed by atoms with E-state index in [1.165, 1.54) is 38.6 Å². The number of likely N-dealkylation sites (tertiary alicyclic amines) is 1. The van der Waals surface area contributed by atoms with Gasteiger partial charge in [-0.1, -0.05) is 19.3 Å². The van der Waals surface area contributed by atoms with Gasteiger partial charge in [-0.25, -0.2) is 4.39 Å². The highest BCUT2D eigenvalue weighted by Crippen LogP contribution is 2.44. The molecule has 1 saturated carbocycles. The van der Waals surface area contributed by atoms with Crippen LogP contribution in [0.2, 0.25) is 0 Å². The Kier molecular flexibility index (Phi) is 8.85. The van der Waals surface area contributed by atoms with Gasteiger partial charge in [0.15, 0.2) is 17.2 Å². The first kappa shape index (κ1) is 25.3. The Hall–Kier alpha value is -1.33. The van der Waals surface area contributed by atoms with Gasteiger partial charge < -0.3 is 14.4 Å². The number of fused-ring (bicyclic) bond motifs is 1. The van der Waals surface area contributed by atoms with Crippen LogP contribution in [0.5, 0.6) is 11.5 Å². The molecule has 1 aliphatic heterocycles. The van der Waals surface area contributed by atoms with Gasteiger partial charge in [0.2, 0.25) is 5.78 Å². The van der Waals surface area contributed by atoms with E-state index >= 15 is 4.39 Å². The number of carbonyl (C=O) groups is 1. The van der Waals surface area contributed by atoms with Crippen molar-refractivity contribution < 1.29 is 18.7 Å². The Balaban J connectivity index is 0.00000289. The van der Waals surface area contributed by atoms with Gasteiger partial charge in [0.05, 0.1) is 13.2 Å². The average Bonchev–Trinajstić information content (AvgIpc) is 3.00. The van der Waals surface area contributed by atoms with Crippen molar-refractivity contribution >= 4 is 18.2 Å². The minimum atomic E-state index is -1.78. The third-order valence-electron chi connectivity index (χ3n) is 7.45. The quantitative estimate of drug-likeness (QED) is 0.467. The zero-order valence-electron chi connectivity index (χ0n) is 19.7. The summed E-state index contributed by atoms with van der Waals surface area (Å²) < 4.78 is 27.3. The summed E-state index contributed by atoms with van der Waals surface area (Å²) in [5, 5.41) is 0. The molecule has 1 aromatic carbocycles. The molecule has 0 radical (unpaired) electrons. The highest BCUT2D eigenvalue weighted by atomic mass is 35.5. The Morgan fingerprint density at radius 1 is 0.969 bits per heavy atom. The molecule has 0 bridgehead atoms. The van der Waals surface area contributed by atoms with Crippen molar-refractivity contribution in [3.8, 4) is 11.5 Å². The van der Waals surface area contributed by atoms with Crippen molar-refractivity contribution in [3.05, 3.63) is 23.3 Å². The zero-order valence-corrected chi connectivity index (χ0v) is 20.5. The zero-order chi connectivity index (χ0) is 21.8. The molecule has 32 heavy (non-hydrogen) atoms. The summed E-state index contributed by atoms with van der Waals surface area (Å²) >= 11 is 0. The SMILES string of the molecule is CCOc1cc2c(cc1OCC)C(=O)C(F)(CC1CCN(CC3CCCCC3)CC1)C2.Cl. The lowest BCUT2D eigenvalue weighted by atomic mass is 9.82. The fourth-order valence-electron chi connectivity index (χ4n) is 5.85. The molecule has 1 heterocycles. The lowest BCUT2D eigenvalue weighted by Gasteiger charge is -2.36. The smallest absolute Gasteiger partial charge is 0.200 e. The molecular formula is C26H39ClFNO3. The predicted octanol–water partition coefficient (Wildman–Crippen LogP) is 6.04. The van der Waals surface area contributed by atoms with Gasteiger partial charge in [-0.05, 0) is 88.6 Å². The van der Waals surface area contributed by atoms with Crippen LogP contribution in [0.25, 0.3) is 0 Å². The van der Waals surface area contributed by atoms with E-state index in [2.05, 4.69) is 4.90 Å². The van der Waals surface area contributed by atoms with Crippen molar-refractivity contribution in [1.29, 1.82) is 0 Å². The van der Waals surface area contributed by atoms with Crippen LogP contribution in [-0.4, -0.2) is 49.2 Å². The summed E-state index contributed by atoms with van der Waals surface area (Å²) in [6.07, 6.45) is 9.38. The first-order chi connectivity index (χ1) is 15.0. The number of alkyl halides is 1. The topological polar surface area (TPSA) is 38.8 Å². The van der Waals surface area contributed by atoms with Gasteiger partial charge in [-0.2, -0.15) is 0 Å². The molecule has 0 spiro atoms. The van der Waals surface area contributed by atoms with Crippen LogP contribution in [0, 0.1) is 11.8 Å². The number of piperidine rings is 1. The molecule has 2 aliphatic carbocycles. The molecule has 1 saturated heterocycles. The Labute approximate surface area is 198 Å². The maximum atomic E-state index is 15.9. The predicted molar refractivity (Wildman–Crippen MR) is 128 cm³/mol. The monoisotopic (exact) mass is 467 g/mol. The van der Waals surface area contributed by atoms with Crippen LogP contribution in [-0.2, 0) is 6.42 Å². The van der Waals surface area contributed by atoms with Crippen LogP contribution >= 0.6 is 12.4 Å². The maximum absolute atomic E-state index is 15.9. The van der Waals surface area contributed by atoms with Crippen molar-refractivity contribution in [1.82, 2.24) is 4.90 Å². The maximum Gasteiger partial charge on any atom is 0.200 e. The molecule has 2 fully saturated rings. The number of nitrogens with zero attached hydrogens (tertiary/aromatic N) is 1. The number of ketones is 1. The second-order valence-electron chi connectivity index (χ2n) is 9.75. The van der Waals surface area contributed by atoms with E-state index in [-0.39, 0.29) is 30.5 Å². The first-order valence-electron chi connectivity index (χ1n) is 12.4. The molecule has 4 rings (SSSR count). The largest absolute Gasteiger partial charge is 0.490 e. The number of hydrogen-bond donors (Lipinski definition) is 0. The molecule has 1 unspecified atom stereocenters. The Bertz CT molecular complexity index is 775. The normalized spacial score (nSPS) is 24.8. The summed E-state index contributed by atoms with van der Waals surface area (Å²) in [5.74, 6) is 1.91. The number of ether oxygens (including phenoxy) is 2. The molecule has 180 valence electrons. The molecule has 0 N–H and O–H groups in total. The van der Waals surface area contributed by atoms with Crippen LogP contribution in [0.15, 0.2) is 12.1 Å². The molecule has 6 heteroatoms. The number of hydrogen-bond acceptors (Lipinski definition) is 4. The van der Waals surface area contributed by atoms with Gasteiger partial charge >= 0.3 is 0 Å². The van der Waals surface area contributed by atoms with E-state index in [0.29, 0.717) is 36.7 Å². The summed E-state index contributed by atoms with van der Waals surface area (Å²) in [5.41, 5.74) is -0.550. The van der Waals surface area contributed by atoms with Crippen LogP contribution < -0.4 is 9.47 Å². The van der Waals surface area contributed by atoms with Crippen LogP contribution in [0.1, 0.15) is 81.1 Å². The van der Waals surface area contributed by atoms with Gasteiger partial charge in [0.1, 0.15) is 0 Å². The third kappa shape index (κ3) is 5.59. The summed E-state index contributed by atoms with van der Waals surface area (Å²) in [6, 6.07) is 3.51. The van der Waals surface area contributed by atoms with E-state index in [1.807, 2.05) is 19.9 Å². The standard InChI is InChI=1S/C26H38FNO3.ClH/c1-3-30-23-14-21-17-26(27,25(29)22(21)15-24(23)31-4-2)16-19-10-12-28(13-11-19)18-20-8-6-5-7-9-20;/h14-15,19-20H,3-13,16-18H2,1-2H3;1H. The fourth-order valence-corrected chi connectivity index (χ4v) is 5.85. The average molecular weight is 468 g/mol. The second kappa shape index (κ2) is 11.2. The number of halogens is 2. The van der Waals surface area contributed by atoms with E-state index in [0.717, 1.165) is 37.4 Å². The van der Waals surface area contributed by atoms with Gasteiger partial charge in [-0.15, -0.1) is 12.4 Å². The highest BCUT2D eigenvalue weighted by molar-refractivity contribution is 6.07.